The molecule has 0 aliphatic carbocycles. The highest BCUT2D eigenvalue weighted by Gasteiger charge is 2.05. The van der Waals surface area contributed by atoms with Gasteiger partial charge in [0.1, 0.15) is 11.8 Å². The Labute approximate surface area is 83.2 Å². The summed E-state index contributed by atoms with van der Waals surface area (Å²) in [4.78, 5) is 0. The molecule has 4 nitrogen and oxygen atoms in total. The summed E-state index contributed by atoms with van der Waals surface area (Å²) in [5.41, 5.74) is 0. The monoisotopic (exact) mass is 194 g/mol. The molecule has 1 heterocycles. The topological polar surface area (TPSA) is 69.2 Å². The summed E-state index contributed by atoms with van der Waals surface area (Å²) in [6.07, 6.45) is 0.863. The van der Waals surface area contributed by atoms with Crippen LogP contribution in [0.3, 0.4) is 0 Å². The predicted molar refractivity (Wildman–Crippen MR) is 51.4 cm³/mol. The molecule has 1 aromatic rings. The summed E-state index contributed by atoms with van der Waals surface area (Å²) in [5.74, 6) is 1.03. The van der Waals surface area contributed by atoms with Gasteiger partial charge in [-0.3, -0.25) is 0 Å². The average molecular weight is 194 g/mol. The van der Waals surface area contributed by atoms with Gasteiger partial charge in [-0.15, -0.1) is 0 Å². The smallest absolute Gasteiger partial charge is 0.203 e. The Hall–Kier alpha value is -1.31. The highest BCUT2D eigenvalue weighted by molar-refractivity contribution is 5.18. The van der Waals surface area contributed by atoms with Crippen molar-refractivity contribution in [3.63, 3.8) is 0 Å². The molecule has 0 spiro atoms. The Morgan fingerprint density at radius 1 is 1.64 bits per heavy atom. The van der Waals surface area contributed by atoms with Crippen LogP contribution in [-0.4, -0.2) is 17.8 Å². The van der Waals surface area contributed by atoms with Gasteiger partial charge in [-0.05, 0) is 18.6 Å². The van der Waals surface area contributed by atoms with Gasteiger partial charge >= 0.3 is 0 Å². The van der Waals surface area contributed by atoms with E-state index in [4.69, 9.17) is 14.8 Å². The molecular formula is C10H14N2O2. The van der Waals surface area contributed by atoms with Crippen LogP contribution < -0.4 is 5.32 Å². The van der Waals surface area contributed by atoms with Crippen LogP contribution in [0, 0.1) is 11.3 Å². The number of aliphatic hydroxyl groups is 1. The van der Waals surface area contributed by atoms with E-state index in [0.29, 0.717) is 18.1 Å². The summed E-state index contributed by atoms with van der Waals surface area (Å²) >= 11 is 0. The van der Waals surface area contributed by atoms with Crippen LogP contribution in [0.25, 0.3) is 0 Å². The molecule has 0 aliphatic rings. The number of nitrogens with zero attached hydrogens (tertiary/aromatic N) is 1. The number of hydrogen-bond acceptors (Lipinski definition) is 4. The fourth-order valence-electron chi connectivity index (χ4n) is 1.12. The summed E-state index contributed by atoms with van der Waals surface area (Å²) in [7, 11) is 0. The molecule has 0 amide bonds. The summed E-state index contributed by atoms with van der Waals surface area (Å²) in [6.45, 7) is 2.65. The van der Waals surface area contributed by atoms with Crippen molar-refractivity contribution < 1.29 is 9.52 Å². The molecular weight excluding hydrogens is 180 g/mol. The van der Waals surface area contributed by atoms with Crippen molar-refractivity contribution >= 4 is 0 Å². The maximum atomic E-state index is 8.91. The van der Waals surface area contributed by atoms with E-state index in [-0.39, 0.29) is 12.6 Å². The Kier molecular flexibility index (Phi) is 4.17. The van der Waals surface area contributed by atoms with Crippen molar-refractivity contribution in [1.82, 2.24) is 5.32 Å². The summed E-state index contributed by atoms with van der Waals surface area (Å²) in [5, 5.41) is 20.5. The van der Waals surface area contributed by atoms with Gasteiger partial charge in [0.2, 0.25) is 5.76 Å². The highest BCUT2D eigenvalue weighted by atomic mass is 16.3. The van der Waals surface area contributed by atoms with E-state index in [0.717, 1.165) is 6.42 Å². The van der Waals surface area contributed by atoms with Crippen LogP contribution in [0.1, 0.15) is 24.9 Å². The fourth-order valence-corrected chi connectivity index (χ4v) is 1.12. The molecule has 0 aromatic carbocycles. The SMILES string of the molecule is CC[C@@H](CO)NCc1ccc(C#N)o1. The third kappa shape index (κ3) is 2.87. The Morgan fingerprint density at radius 3 is 2.93 bits per heavy atom. The second kappa shape index (κ2) is 5.43. The molecule has 0 unspecified atom stereocenters. The van der Waals surface area contributed by atoms with Crippen molar-refractivity contribution in [3.05, 3.63) is 23.7 Å². The lowest BCUT2D eigenvalue weighted by atomic mass is 10.2. The van der Waals surface area contributed by atoms with E-state index in [1.807, 2.05) is 13.0 Å². The van der Waals surface area contributed by atoms with Gasteiger partial charge in [-0.1, -0.05) is 6.92 Å². The van der Waals surface area contributed by atoms with Crippen molar-refractivity contribution in [3.8, 4) is 6.07 Å². The molecule has 76 valence electrons. The molecule has 0 saturated heterocycles. The third-order valence-corrected chi connectivity index (χ3v) is 2.05. The van der Waals surface area contributed by atoms with Crippen LogP contribution in [0.15, 0.2) is 16.5 Å². The van der Waals surface area contributed by atoms with Crippen LogP contribution >= 0.6 is 0 Å². The minimum Gasteiger partial charge on any atom is -0.449 e. The lowest BCUT2D eigenvalue weighted by Gasteiger charge is -2.11. The summed E-state index contributed by atoms with van der Waals surface area (Å²) in [6, 6.07) is 5.40. The quantitative estimate of drug-likeness (QED) is 0.734. The van der Waals surface area contributed by atoms with E-state index in [1.54, 1.807) is 12.1 Å². The molecule has 0 bridgehead atoms. The minimum absolute atomic E-state index is 0.0886. The lowest BCUT2D eigenvalue weighted by Crippen LogP contribution is -2.30. The average Bonchev–Trinajstić information content (AvgIpc) is 2.67. The molecule has 4 heteroatoms. The number of hydrogen-bond donors (Lipinski definition) is 2. The van der Waals surface area contributed by atoms with Gasteiger partial charge in [-0.25, -0.2) is 0 Å². The van der Waals surface area contributed by atoms with Gasteiger partial charge in [0, 0.05) is 6.04 Å². The standard InChI is InChI=1S/C10H14N2O2/c1-2-8(7-13)12-6-10-4-3-9(5-11)14-10/h3-4,8,12-13H,2,6-7H2,1H3/t8-/m0/s1. The number of furan rings is 1. The Morgan fingerprint density at radius 2 is 2.43 bits per heavy atom. The van der Waals surface area contributed by atoms with Crippen LogP contribution in [0.4, 0.5) is 0 Å². The van der Waals surface area contributed by atoms with E-state index in [1.165, 1.54) is 0 Å². The Balaban J connectivity index is 2.41. The second-order valence-electron chi connectivity index (χ2n) is 3.05. The van der Waals surface area contributed by atoms with E-state index >= 15 is 0 Å². The third-order valence-electron chi connectivity index (χ3n) is 2.05. The minimum atomic E-state index is 0.0886. The number of rotatable bonds is 5. The lowest BCUT2D eigenvalue weighted by molar-refractivity contribution is 0.235. The first-order valence-electron chi connectivity index (χ1n) is 4.63. The molecule has 0 radical (unpaired) electrons. The number of nitrogens with one attached hydrogen (secondary N) is 1. The predicted octanol–water partition coefficient (Wildman–Crippen LogP) is 1.01. The van der Waals surface area contributed by atoms with Gasteiger partial charge in [-0.2, -0.15) is 5.26 Å². The molecule has 14 heavy (non-hydrogen) atoms. The summed E-state index contributed by atoms with van der Waals surface area (Å²) < 4.78 is 5.17. The van der Waals surface area contributed by atoms with E-state index < -0.39 is 0 Å². The zero-order chi connectivity index (χ0) is 10.4. The van der Waals surface area contributed by atoms with E-state index in [9.17, 15) is 0 Å². The van der Waals surface area contributed by atoms with Crippen molar-refractivity contribution in [2.24, 2.45) is 0 Å². The first-order valence-corrected chi connectivity index (χ1v) is 4.63. The van der Waals surface area contributed by atoms with Gasteiger partial charge in [0.05, 0.1) is 13.2 Å². The fraction of sp³-hybridized carbons (Fsp3) is 0.500. The largest absolute Gasteiger partial charge is 0.449 e. The zero-order valence-corrected chi connectivity index (χ0v) is 8.16. The first-order chi connectivity index (χ1) is 6.80. The van der Waals surface area contributed by atoms with Gasteiger partial charge < -0.3 is 14.8 Å². The molecule has 0 aliphatic heterocycles. The second-order valence-corrected chi connectivity index (χ2v) is 3.05. The van der Waals surface area contributed by atoms with E-state index in [2.05, 4.69) is 5.32 Å². The molecule has 1 atom stereocenters. The number of aliphatic hydroxyl groups excluding tert-OH is 1. The molecule has 0 saturated carbocycles. The zero-order valence-electron chi connectivity index (χ0n) is 8.16. The van der Waals surface area contributed by atoms with Crippen molar-refractivity contribution in [1.29, 1.82) is 5.26 Å². The number of nitriles is 1. The van der Waals surface area contributed by atoms with Crippen LogP contribution in [-0.2, 0) is 6.54 Å². The molecule has 1 rings (SSSR count). The normalized spacial score (nSPS) is 12.4. The van der Waals surface area contributed by atoms with Crippen LogP contribution in [0.5, 0.6) is 0 Å². The van der Waals surface area contributed by atoms with Crippen LogP contribution in [0.2, 0.25) is 0 Å². The van der Waals surface area contributed by atoms with Gasteiger partial charge in [0.25, 0.3) is 0 Å². The maximum Gasteiger partial charge on any atom is 0.203 e. The first kappa shape index (κ1) is 10.8. The van der Waals surface area contributed by atoms with Crippen molar-refractivity contribution in [2.75, 3.05) is 6.61 Å². The maximum absolute atomic E-state index is 8.91. The Bertz CT molecular complexity index is 310. The molecule has 2 N–H and O–H groups in total. The molecule has 0 fully saturated rings. The highest BCUT2D eigenvalue weighted by Crippen LogP contribution is 2.06. The van der Waals surface area contributed by atoms with Gasteiger partial charge in [0.15, 0.2) is 0 Å². The van der Waals surface area contributed by atoms with Crippen molar-refractivity contribution in [2.45, 2.75) is 25.9 Å². The molecule has 1 aromatic heterocycles.